The summed E-state index contributed by atoms with van der Waals surface area (Å²) in [5.74, 6) is 0.202. The van der Waals surface area contributed by atoms with Gasteiger partial charge >= 0.3 is 0 Å². The summed E-state index contributed by atoms with van der Waals surface area (Å²) in [5.41, 5.74) is 0. The second-order valence-corrected chi connectivity index (χ2v) is 4.15. The van der Waals surface area contributed by atoms with Gasteiger partial charge in [-0.25, -0.2) is 4.31 Å². The lowest BCUT2D eigenvalue weighted by atomic mass is 10.2. The van der Waals surface area contributed by atoms with Crippen LogP contribution >= 0.6 is 12.8 Å². The van der Waals surface area contributed by atoms with Gasteiger partial charge < -0.3 is 4.90 Å². The Morgan fingerprint density at radius 1 is 1.33 bits per heavy atom. The van der Waals surface area contributed by atoms with E-state index in [1.807, 2.05) is 4.90 Å². The maximum atomic E-state index is 11.1. The van der Waals surface area contributed by atoms with Crippen molar-refractivity contribution in [2.24, 2.45) is 0 Å². The summed E-state index contributed by atoms with van der Waals surface area (Å²) in [6.07, 6.45) is 2.38. The van der Waals surface area contributed by atoms with Crippen LogP contribution in [-0.4, -0.2) is 40.3 Å². The van der Waals surface area contributed by atoms with Crippen LogP contribution in [0.1, 0.15) is 19.8 Å². The van der Waals surface area contributed by atoms with Crippen molar-refractivity contribution in [3.05, 3.63) is 0 Å². The first-order valence-corrected chi connectivity index (χ1v) is 4.81. The zero-order chi connectivity index (χ0) is 8.72. The van der Waals surface area contributed by atoms with E-state index in [2.05, 4.69) is 17.1 Å². The SMILES string of the molecule is CC(=O)N1CC2CCC(C1)N2S. The predicted octanol–water partition coefficient (Wildman–Crippen LogP) is 0.526. The van der Waals surface area contributed by atoms with E-state index in [1.165, 1.54) is 12.8 Å². The lowest BCUT2D eigenvalue weighted by Gasteiger charge is -2.37. The largest absolute Gasteiger partial charge is 0.340 e. The monoisotopic (exact) mass is 186 g/mol. The number of nitrogens with zero attached hydrogens (tertiary/aromatic N) is 2. The van der Waals surface area contributed by atoms with Gasteiger partial charge in [-0.1, -0.05) is 12.8 Å². The fourth-order valence-corrected chi connectivity index (χ4v) is 2.51. The van der Waals surface area contributed by atoms with Gasteiger partial charge in [-0.3, -0.25) is 4.79 Å². The van der Waals surface area contributed by atoms with Crippen LogP contribution in [0, 0.1) is 0 Å². The fourth-order valence-electron chi connectivity index (χ4n) is 2.14. The van der Waals surface area contributed by atoms with E-state index in [0.717, 1.165) is 13.1 Å². The van der Waals surface area contributed by atoms with Crippen LogP contribution in [0.15, 0.2) is 0 Å². The molecule has 0 aromatic heterocycles. The van der Waals surface area contributed by atoms with Crippen LogP contribution in [0.3, 0.4) is 0 Å². The van der Waals surface area contributed by atoms with E-state index in [9.17, 15) is 4.79 Å². The molecule has 2 bridgehead atoms. The van der Waals surface area contributed by atoms with Gasteiger partial charge in [0.15, 0.2) is 0 Å². The first kappa shape index (κ1) is 8.38. The second-order valence-electron chi connectivity index (χ2n) is 3.69. The molecule has 2 aliphatic heterocycles. The Morgan fingerprint density at radius 3 is 2.25 bits per heavy atom. The molecule has 0 saturated carbocycles. The summed E-state index contributed by atoms with van der Waals surface area (Å²) in [6.45, 7) is 3.39. The minimum absolute atomic E-state index is 0.202. The Labute approximate surface area is 78.3 Å². The number of likely N-dealkylation sites (tertiary alicyclic amines) is 1. The molecule has 0 N–H and O–H groups in total. The van der Waals surface area contributed by atoms with E-state index < -0.39 is 0 Å². The van der Waals surface area contributed by atoms with Crippen molar-refractivity contribution in [3.8, 4) is 0 Å². The third-order valence-corrected chi connectivity index (χ3v) is 3.54. The molecule has 2 fully saturated rings. The summed E-state index contributed by atoms with van der Waals surface area (Å²) in [6, 6.07) is 0.993. The van der Waals surface area contributed by atoms with Gasteiger partial charge in [0.2, 0.25) is 5.91 Å². The van der Waals surface area contributed by atoms with Gasteiger partial charge in [-0.05, 0) is 12.8 Å². The van der Waals surface area contributed by atoms with Crippen molar-refractivity contribution in [2.45, 2.75) is 31.8 Å². The quantitative estimate of drug-likeness (QED) is 0.558. The van der Waals surface area contributed by atoms with E-state index in [0.29, 0.717) is 12.1 Å². The first-order valence-electron chi connectivity index (χ1n) is 4.41. The van der Waals surface area contributed by atoms with E-state index in [1.54, 1.807) is 6.92 Å². The Bertz CT molecular complexity index is 195. The number of carbonyl (C=O) groups is 1. The molecule has 0 aliphatic carbocycles. The molecule has 0 radical (unpaired) electrons. The van der Waals surface area contributed by atoms with Gasteiger partial charge in [0.1, 0.15) is 0 Å². The molecule has 0 aromatic rings. The number of carbonyl (C=O) groups excluding carboxylic acids is 1. The van der Waals surface area contributed by atoms with E-state index in [4.69, 9.17) is 0 Å². The second kappa shape index (κ2) is 2.92. The van der Waals surface area contributed by atoms with Crippen LogP contribution in [0.4, 0.5) is 0 Å². The summed E-state index contributed by atoms with van der Waals surface area (Å²) < 4.78 is 2.12. The number of thiol groups is 1. The Morgan fingerprint density at radius 2 is 1.83 bits per heavy atom. The van der Waals surface area contributed by atoms with Crippen molar-refractivity contribution < 1.29 is 4.79 Å². The highest BCUT2D eigenvalue weighted by Gasteiger charge is 2.38. The van der Waals surface area contributed by atoms with Crippen LogP contribution in [0.2, 0.25) is 0 Å². The molecule has 2 saturated heterocycles. The smallest absolute Gasteiger partial charge is 0.219 e. The normalized spacial score (nSPS) is 35.7. The van der Waals surface area contributed by atoms with Gasteiger partial charge in [0.05, 0.1) is 0 Å². The molecular weight excluding hydrogens is 172 g/mol. The predicted molar refractivity (Wildman–Crippen MR) is 49.9 cm³/mol. The lowest BCUT2D eigenvalue weighted by Crippen LogP contribution is -2.51. The zero-order valence-corrected chi connectivity index (χ0v) is 8.13. The van der Waals surface area contributed by atoms with Crippen LogP contribution < -0.4 is 0 Å². The number of rotatable bonds is 0. The maximum absolute atomic E-state index is 11.1. The molecule has 1 amide bonds. The maximum Gasteiger partial charge on any atom is 0.219 e. The standard InChI is InChI=1S/C8H14N2OS/c1-6(11)9-4-7-2-3-8(5-9)10(7)12/h7-8,12H,2-5H2,1H3. The number of amides is 1. The number of hydrogen-bond donors (Lipinski definition) is 1. The summed E-state index contributed by atoms with van der Waals surface area (Å²) >= 11 is 4.42. The molecule has 0 spiro atoms. The summed E-state index contributed by atoms with van der Waals surface area (Å²) in [4.78, 5) is 13.0. The van der Waals surface area contributed by atoms with Crippen LogP contribution in [0.25, 0.3) is 0 Å². The first-order chi connectivity index (χ1) is 5.68. The molecular formula is C8H14N2OS. The molecule has 4 heteroatoms. The summed E-state index contributed by atoms with van der Waals surface area (Å²) in [5, 5.41) is 0. The number of piperazine rings is 1. The van der Waals surface area contributed by atoms with Gasteiger partial charge in [0.25, 0.3) is 0 Å². The van der Waals surface area contributed by atoms with Gasteiger partial charge in [-0.15, -0.1) is 0 Å². The fraction of sp³-hybridized carbons (Fsp3) is 0.875. The Balaban J connectivity index is 2.07. The molecule has 2 unspecified atom stereocenters. The third kappa shape index (κ3) is 1.23. The minimum atomic E-state index is 0.202. The molecule has 2 rings (SSSR count). The molecule has 3 nitrogen and oxygen atoms in total. The molecule has 2 heterocycles. The van der Waals surface area contributed by atoms with Gasteiger partial charge in [0, 0.05) is 32.1 Å². The van der Waals surface area contributed by atoms with Crippen molar-refractivity contribution in [2.75, 3.05) is 13.1 Å². The Kier molecular flexibility index (Phi) is 2.04. The van der Waals surface area contributed by atoms with Crippen molar-refractivity contribution in [1.29, 1.82) is 0 Å². The number of fused-ring (bicyclic) bond motifs is 2. The topological polar surface area (TPSA) is 23.6 Å². The molecule has 0 aromatic carbocycles. The molecule has 12 heavy (non-hydrogen) atoms. The third-order valence-electron chi connectivity index (χ3n) is 2.89. The molecule has 2 atom stereocenters. The highest BCUT2D eigenvalue weighted by molar-refractivity contribution is 7.77. The molecule has 2 aliphatic rings. The van der Waals surface area contributed by atoms with Crippen molar-refractivity contribution >= 4 is 18.7 Å². The average molecular weight is 186 g/mol. The van der Waals surface area contributed by atoms with Crippen molar-refractivity contribution in [3.63, 3.8) is 0 Å². The number of hydrogen-bond acceptors (Lipinski definition) is 3. The minimum Gasteiger partial charge on any atom is -0.340 e. The van der Waals surface area contributed by atoms with Crippen molar-refractivity contribution in [1.82, 2.24) is 9.21 Å². The highest BCUT2D eigenvalue weighted by Crippen LogP contribution is 2.31. The average Bonchev–Trinajstić information content (AvgIpc) is 2.30. The zero-order valence-electron chi connectivity index (χ0n) is 7.23. The van der Waals surface area contributed by atoms with E-state index in [-0.39, 0.29) is 5.91 Å². The van der Waals surface area contributed by atoms with Gasteiger partial charge in [-0.2, -0.15) is 0 Å². The van der Waals surface area contributed by atoms with Crippen LogP contribution in [0.5, 0.6) is 0 Å². The highest BCUT2D eigenvalue weighted by atomic mass is 32.1. The van der Waals surface area contributed by atoms with E-state index >= 15 is 0 Å². The lowest BCUT2D eigenvalue weighted by molar-refractivity contribution is -0.131. The summed E-state index contributed by atoms with van der Waals surface area (Å²) in [7, 11) is 0. The Hall–Kier alpha value is -0.220. The van der Waals surface area contributed by atoms with Crippen LogP contribution in [-0.2, 0) is 4.79 Å². The molecule has 68 valence electrons.